The van der Waals surface area contributed by atoms with E-state index < -0.39 is 12.1 Å². The number of benzene rings is 1. The summed E-state index contributed by atoms with van der Waals surface area (Å²) in [5.74, 6) is -0.548. The van der Waals surface area contributed by atoms with Gasteiger partial charge >= 0.3 is 5.97 Å². The number of hydrogen-bond acceptors (Lipinski definition) is 4. The van der Waals surface area contributed by atoms with Gasteiger partial charge in [-0.3, -0.25) is 0 Å². The number of carboxylic acids is 1. The van der Waals surface area contributed by atoms with Crippen LogP contribution >= 0.6 is 0 Å². The molecule has 19 heavy (non-hydrogen) atoms. The Labute approximate surface area is 112 Å². The lowest BCUT2D eigenvalue weighted by molar-refractivity contribution is -0.151. The van der Waals surface area contributed by atoms with Gasteiger partial charge in [-0.2, -0.15) is 0 Å². The van der Waals surface area contributed by atoms with Crippen LogP contribution in [0.3, 0.4) is 0 Å². The van der Waals surface area contributed by atoms with Crippen molar-refractivity contribution in [3.63, 3.8) is 0 Å². The van der Waals surface area contributed by atoms with Crippen LogP contribution in [0.25, 0.3) is 0 Å². The molecule has 5 nitrogen and oxygen atoms in total. The third kappa shape index (κ3) is 4.79. The third-order valence-electron chi connectivity index (χ3n) is 2.79. The minimum absolute atomic E-state index is 0.0482. The second-order valence-electron chi connectivity index (χ2n) is 4.29. The average Bonchev–Trinajstić information content (AvgIpc) is 2.40. The largest absolute Gasteiger partial charge is 0.504 e. The number of carbonyl (C=O) groups is 1. The van der Waals surface area contributed by atoms with Gasteiger partial charge in [0.15, 0.2) is 17.6 Å². The zero-order valence-electron chi connectivity index (χ0n) is 11.3. The van der Waals surface area contributed by atoms with Crippen LogP contribution in [0.15, 0.2) is 18.2 Å². The Kier molecular flexibility index (Phi) is 6.15. The van der Waals surface area contributed by atoms with Crippen LogP contribution < -0.4 is 4.74 Å². The molecular weight excluding hydrogens is 248 g/mol. The fourth-order valence-corrected chi connectivity index (χ4v) is 1.68. The normalized spacial score (nSPS) is 12.1. The van der Waals surface area contributed by atoms with Gasteiger partial charge in [0.05, 0.1) is 13.7 Å². The van der Waals surface area contributed by atoms with Crippen LogP contribution in [0.4, 0.5) is 0 Å². The molecular formula is C14H20O5. The first-order valence-electron chi connectivity index (χ1n) is 6.28. The van der Waals surface area contributed by atoms with E-state index in [1.165, 1.54) is 13.2 Å². The molecule has 0 aliphatic rings. The Morgan fingerprint density at radius 3 is 2.74 bits per heavy atom. The van der Waals surface area contributed by atoms with Gasteiger partial charge in [0.2, 0.25) is 0 Å². The van der Waals surface area contributed by atoms with Crippen molar-refractivity contribution >= 4 is 5.97 Å². The van der Waals surface area contributed by atoms with E-state index >= 15 is 0 Å². The molecule has 1 aromatic carbocycles. The minimum Gasteiger partial charge on any atom is -0.504 e. The van der Waals surface area contributed by atoms with Crippen LogP contribution in [0, 0.1) is 0 Å². The molecule has 106 valence electrons. The second-order valence-corrected chi connectivity index (χ2v) is 4.29. The van der Waals surface area contributed by atoms with Gasteiger partial charge in [-0.05, 0) is 24.1 Å². The molecule has 1 unspecified atom stereocenters. The molecule has 0 amide bonds. The fourth-order valence-electron chi connectivity index (χ4n) is 1.68. The van der Waals surface area contributed by atoms with Gasteiger partial charge in [0, 0.05) is 0 Å². The Bertz CT molecular complexity index is 416. The molecule has 0 aliphatic heterocycles. The summed E-state index contributed by atoms with van der Waals surface area (Å²) in [5, 5.41) is 18.5. The summed E-state index contributed by atoms with van der Waals surface area (Å²) in [6.45, 7) is 2.18. The van der Waals surface area contributed by atoms with Crippen molar-refractivity contribution in [1.29, 1.82) is 0 Å². The van der Waals surface area contributed by atoms with E-state index in [9.17, 15) is 9.90 Å². The number of phenolic OH excluding ortho intramolecular Hbond substituents is 1. The summed E-state index contributed by atoms with van der Waals surface area (Å²) >= 11 is 0. The third-order valence-corrected chi connectivity index (χ3v) is 2.79. The maximum atomic E-state index is 11.0. The Morgan fingerprint density at radius 2 is 2.16 bits per heavy atom. The molecule has 1 aromatic rings. The summed E-state index contributed by atoms with van der Waals surface area (Å²) < 4.78 is 10.4. The van der Waals surface area contributed by atoms with Gasteiger partial charge in [-0.1, -0.05) is 25.8 Å². The highest BCUT2D eigenvalue weighted by Crippen LogP contribution is 2.26. The van der Waals surface area contributed by atoms with E-state index in [1.807, 2.05) is 6.92 Å². The molecule has 0 bridgehead atoms. The molecule has 2 N–H and O–H groups in total. The predicted octanol–water partition coefficient (Wildman–Crippen LogP) is 2.56. The van der Waals surface area contributed by atoms with Crippen LogP contribution in [0.2, 0.25) is 0 Å². The van der Waals surface area contributed by atoms with Crippen molar-refractivity contribution < 1.29 is 24.5 Å². The predicted molar refractivity (Wildman–Crippen MR) is 70.4 cm³/mol. The van der Waals surface area contributed by atoms with Crippen LogP contribution in [0.1, 0.15) is 31.7 Å². The zero-order valence-corrected chi connectivity index (χ0v) is 11.3. The van der Waals surface area contributed by atoms with Gasteiger partial charge in [-0.25, -0.2) is 4.79 Å². The number of hydrogen-bond donors (Lipinski definition) is 2. The van der Waals surface area contributed by atoms with Gasteiger partial charge < -0.3 is 19.7 Å². The Hall–Kier alpha value is -1.75. The van der Waals surface area contributed by atoms with E-state index in [4.69, 9.17) is 14.6 Å². The number of unbranched alkanes of at least 4 members (excludes halogenated alkanes) is 1. The number of phenols is 1. The van der Waals surface area contributed by atoms with Crippen molar-refractivity contribution in [2.45, 2.75) is 38.9 Å². The van der Waals surface area contributed by atoms with Crippen LogP contribution in [0.5, 0.6) is 11.5 Å². The average molecular weight is 268 g/mol. The summed E-state index contributed by atoms with van der Waals surface area (Å²) in [4.78, 5) is 11.0. The molecule has 1 rings (SSSR count). The number of methoxy groups -OCH3 is 1. The maximum absolute atomic E-state index is 11.0. The number of carboxylic acid groups (broad SMARTS) is 1. The first-order valence-corrected chi connectivity index (χ1v) is 6.28. The SMILES string of the molecule is CCCCC(OCc1ccc(O)c(OC)c1)C(=O)O. The summed E-state index contributed by atoms with van der Waals surface area (Å²) in [6.07, 6.45) is 1.46. The molecule has 0 aliphatic carbocycles. The highest BCUT2D eigenvalue weighted by atomic mass is 16.5. The van der Waals surface area contributed by atoms with E-state index in [0.29, 0.717) is 12.2 Å². The quantitative estimate of drug-likeness (QED) is 0.757. The number of aliphatic carboxylic acids is 1. The van der Waals surface area contributed by atoms with Gasteiger partial charge in [-0.15, -0.1) is 0 Å². The first-order chi connectivity index (χ1) is 9.08. The van der Waals surface area contributed by atoms with Crippen molar-refractivity contribution in [3.05, 3.63) is 23.8 Å². The zero-order chi connectivity index (χ0) is 14.3. The lowest BCUT2D eigenvalue weighted by Crippen LogP contribution is -2.23. The summed E-state index contributed by atoms with van der Waals surface area (Å²) in [5.41, 5.74) is 0.761. The highest BCUT2D eigenvalue weighted by molar-refractivity contribution is 5.72. The first kappa shape index (κ1) is 15.3. The van der Waals surface area contributed by atoms with Gasteiger partial charge in [0.1, 0.15) is 0 Å². The lowest BCUT2D eigenvalue weighted by Gasteiger charge is -2.14. The maximum Gasteiger partial charge on any atom is 0.332 e. The van der Waals surface area contributed by atoms with Crippen molar-refractivity contribution in [3.8, 4) is 11.5 Å². The molecule has 0 radical (unpaired) electrons. The molecule has 0 fully saturated rings. The fraction of sp³-hybridized carbons (Fsp3) is 0.500. The lowest BCUT2D eigenvalue weighted by atomic mass is 10.1. The van der Waals surface area contributed by atoms with Crippen LogP contribution in [-0.2, 0) is 16.1 Å². The molecule has 1 atom stereocenters. The van der Waals surface area contributed by atoms with E-state index in [0.717, 1.165) is 18.4 Å². The molecule has 0 saturated heterocycles. The molecule has 5 heteroatoms. The van der Waals surface area contributed by atoms with Crippen molar-refractivity contribution in [1.82, 2.24) is 0 Å². The Balaban J connectivity index is 2.61. The van der Waals surface area contributed by atoms with Crippen molar-refractivity contribution in [2.75, 3.05) is 7.11 Å². The molecule has 0 saturated carbocycles. The Morgan fingerprint density at radius 1 is 1.42 bits per heavy atom. The molecule has 0 heterocycles. The summed E-state index contributed by atoms with van der Waals surface area (Å²) in [7, 11) is 1.46. The van der Waals surface area contributed by atoms with E-state index in [1.54, 1.807) is 12.1 Å². The second kappa shape index (κ2) is 7.63. The monoisotopic (exact) mass is 268 g/mol. The highest BCUT2D eigenvalue weighted by Gasteiger charge is 2.17. The van der Waals surface area contributed by atoms with Gasteiger partial charge in [0.25, 0.3) is 0 Å². The standard InChI is InChI=1S/C14H20O5/c1-3-4-5-12(14(16)17)19-9-10-6-7-11(15)13(8-10)18-2/h6-8,12,15H,3-5,9H2,1-2H3,(H,16,17). The molecule has 0 spiro atoms. The van der Waals surface area contributed by atoms with Crippen LogP contribution in [-0.4, -0.2) is 29.4 Å². The number of aromatic hydroxyl groups is 1. The minimum atomic E-state index is -0.945. The van der Waals surface area contributed by atoms with E-state index in [-0.39, 0.29) is 12.4 Å². The number of rotatable bonds is 8. The van der Waals surface area contributed by atoms with Crippen molar-refractivity contribution in [2.24, 2.45) is 0 Å². The number of ether oxygens (including phenoxy) is 2. The molecule has 0 aromatic heterocycles. The summed E-state index contributed by atoms with van der Waals surface area (Å²) in [6, 6.07) is 4.81. The topological polar surface area (TPSA) is 76.0 Å². The smallest absolute Gasteiger partial charge is 0.332 e. The van der Waals surface area contributed by atoms with E-state index in [2.05, 4.69) is 0 Å².